The minimum atomic E-state index is -0.790. The molecule has 9 heteroatoms. The highest BCUT2D eigenvalue weighted by Crippen LogP contribution is 2.51. The van der Waals surface area contributed by atoms with Gasteiger partial charge in [0.25, 0.3) is 0 Å². The van der Waals surface area contributed by atoms with Gasteiger partial charge < -0.3 is 23.8 Å². The summed E-state index contributed by atoms with van der Waals surface area (Å²) in [5.41, 5.74) is 3.44. The molecule has 192 valence electrons. The monoisotopic (exact) mass is 512 g/mol. The quantitative estimate of drug-likeness (QED) is 0.302. The highest BCUT2D eigenvalue weighted by atomic mass is 16.7. The Kier molecular flexibility index (Phi) is 5.75. The van der Waals surface area contributed by atoms with Crippen LogP contribution in [-0.4, -0.2) is 29.1 Å². The normalized spacial score (nSPS) is 15.5. The van der Waals surface area contributed by atoms with Gasteiger partial charge in [-0.05, 0) is 48.6 Å². The van der Waals surface area contributed by atoms with E-state index in [2.05, 4.69) is 10.5 Å². The highest BCUT2D eigenvalue weighted by Gasteiger charge is 2.51. The molecular formula is C29H24N2O7. The fourth-order valence-electron chi connectivity index (χ4n) is 4.74. The lowest BCUT2D eigenvalue weighted by Crippen LogP contribution is -2.19. The van der Waals surface area contributed by atoms with Gasteiger partial charge in [0.1, 0.15) is 11.8 Å². The minimum absolute atomic E-state index is 0.0209. The van der Waals surface area contributed by atoms with E-state index >= 15 is 0 Å². The van der Waals surface area contributed by atoms with Gasteiger partial charge in [0, 0.05) is 5.56 Å². The van der Waals surface area contributed by atoms with Crippen molar-refractivity contribution in [2.45, 2.75) is 31.3 Å². The third-order valence-electron chi connectivity index (χ3n) is 7.03. The van der Waals surface area contributed by atoms with Crippen molar-refractivity contribution in [1.82, 2.24) is 5.16 Å². The molecule has 1 saturated carbocycles. The first-order valence-corrected chi connectivity index (χ1v) is 12.2. The van der Waals surface area contributed by atoms with Gasteiger partial charge in [-0.3, -0.25) is 10.1 Å². The molecule has 2 N–H and O–H groups in total. The zero-order chi connectivity index (χ0) is 26.3. The van der Waals surface area contributed by atoms with Crippen LogP contribution in [0.1, 0.15) is 37.0 Å². The van der Waals surface area contributed by atoms with Crippen LogP contribution in [0.25, 0.3) is 22.5 Å². The molecule has 0 spiro atoms. The van der Waals surface area contributed by atoms with Crippen molar-refractivity contribution in [3.8, 4) is 33.9 Å². The van der Waals surface area contributed by atoms with E-state index in [1.54, 1.807) is 13.0 Å². The van der Waals surface area contributed by atoms with Crippen molar-refractivity contribution in [2.75, 3.05) is 12.1 Å². The van der Waals surface area contributed by atoms with Gasteiger partial charge in [-0.1, -0.05) is 59.8 Å². The van der Waals surface area contributed by atoms with E-state index in [9.17, 15) is 14.7 Å². The van der Waals surface area contributed by atoms with Gasteiger partial charge in [0.2, 0.25) is 6.79 Å². The third kappa shape index (κ3) is 4.11. The smallest absolute Gasteiger partial charge is 0.412 e. The molecule has 1 aliphatic heterocycles. The molecule has 2 aliphatic rings. The second-order valence-electron chi connectivity index (χ2n) is 9.34. The van der Waals surface area contributed by atoms with E-state index in [0.29, 0.717) is 41.4 Å². The number of aliphatic carboxylic acids is 1. The summed E-state index contributed by atoms with van der Waals surface area (Å²) in [5, 5.41) is 16.1. The van der Waals surface area contributed by atoms with Crippen molar-refractivity contribution >= 4 is 17.7 Å². The first-order chi connectivity index (χ1) is 18.5. The van der Waals surface area contributed by atoms with Crippen molar-refractivity contribution in [3.63, 3.8) is 0 Å². The molecule has 9 nitrogen and oxygen atoms in total. The number of carbonyl (C=O) groups excluding carboxylic acids is 1. The van der Waals surface area contributed by atoms with E-state index in [-0.39, 0.29) is 6.79 Å². The van der Waals surface area contributed by atoms with E-state index in [0.717, 1.165) is 22.3 Å². The largest absolute Gasteiger partial charge is 0.481 e. The number of carboxylic acids is 1. The number of rotatable bonds is 7. The van der Waals surface area contributed by atoms with E-state index in [1.165, 1.54) is 6.20 Å². The minimum Gasteiger partial charge on any atom is -0.481 e. The van der Waals surface area contributed by atoms with Crippen LogP contribution in [0.5, 0.6) is 11.5 Å². The van der Waals surface area contributed by atoms with Crippen molar-refractivity contribution < 1.29 is 33.4 Å². The number of carbonyl (C=O) groups is 2. The molecule has 1 amide bonds. The number of nitrogens with zero attached hydrogens (tertiary/aromatic N) is 1. The molecule has 6 rings (SSSR count). The average Bonchev–Trinajstić information content (AvgIpc) is 3.38. The molecule has 2 heterocycles. The van der Waals surface area contributed by atoms with Crippen LogP contribution in [0.4, 0.5) is 10.5 Å². The molecule has 3 aromatic carbocycles. The molecule has 0 radical (unpaired) electrons. The zero-order valence-electron chi connectivity index (χ0n) is 20.5. The first kappa shape index (κ1) is 23.6. The van der Waals surface area contributed by atoms with Crippen molar-refractivity contribution in [1.29, 1.82) is 0 Å². The fraction of sp³-hybridized carbons (Fsp3) is 0.207. The summed E-state index contributed by atoms with van der Waals surface area (Å²) in [4.78, 5) is 24.3. The van der Waals surface area contributed by atoms with Gasteiger partial charge in [0.05, 0.1) is 17.2 Å². The van der Waals surface area contributed by atoms with Gasteiger partial charge in [-0.25, -0.2) is 4.79 Å². The third-order valence-corrected chi connectivity index (χ3v) is 7.03. The number of fused-ring (bicyclic) bond motifs is 1. The topological polar surface area (TPSA) is 120 Å². The highest BCUT2D eigenvalue weighted by molar-refractivity contribution is 5.92. The summed E-state index contributed by atoms with van der Waals surface area (Å²) in [6.07, 6.45) is 1.60. The average molecular weight is 513 g/mol. The Hall–Kier alpha value is -4.79. The number of amides is 1. The maximum absolute atomic E-state index is 12.6. The van der Waals surface area contributed by atoms with E-state index in [4.69, 9.17) is 18.7 Å². The van der Waals surface area contributed by atoms with Crippen LogP contribution < -0.4 is 14.8 Å². The maximum Gasteiger partial charge on any atom is 0.412 e. The van der Waals surface area contributed by atoms with Crippen LogP contribution in [-0.2, 0) is 14.9 Å². The van der Waals surface area contributed by atoms with Crippen molar-refractivity contribution in [2.24, 2.45) is 0 Å². The summed E-state index contributed by atoms with van der Waals surface area (Å²) >= 11 is 0. The number of aromatic nitrogens is 1. The number of ether oxygens (including phenoxy) is 3. The number of anilines is 1. The van der Waals surface area contributed by atoms with Crippen molar-refractivity contribution in [3.05, 3.63) is 84.1 Å². The second-order valence-corrected chi connectivity index (χ2v) is 9.34. The lowest BCUT2D eigenvalue weighted by Gasteiger charge is -2.14. The molecule has 1 unspecified atom stereocenters. The first-order valence-electron chi connectivity index (χ1n) is 12.2. The van der Waals surface area contributed by atoms with Crippen LogP contribution in [0.15, 0.2) is 77.4 Å². The lowest BCUT2D eigenvalue weighted by molar-refractivity contribution is -0.140. The van der Waals surface area contributed by atoms with Crippen LogP contribution in [0.2, 0.25) is 0 Å². The second kappa shape index (κ2) is 9.26. The summed E-state index contributed by atoms with van der Waals surface area (Å²) in [6, 6.07) is 20.6. The standard InChI is InChI=1S/C29H24N2O7/c1-17(18-5-3-2-4-6-18)37-28(34)31-23-15-30-38-24(23)22-12-11-21(25-26(22)36-16-35-25)19-7-9-20(10-8-19)29(13-14-29)27(32)33/h2-12,15,17H,13-14,16H2,1H3,(H,31,34)(H,32,33). The van der Waals surface area contributed by atoms with Gasteiger partial charge >= 0.3 is 12.1 Å². The summed E-state index contributed by atoms with van der Waals surface area (Å²) in [6.45, 7) is 1.81. The Morgan fingerprint density at radius 3 is 2.34 bits per heavy atom. The molecule has 1 atom stereocenters. The number of carboxylic acid groups (broad SMARTS) is 1. The molecule has 38 heavy (non-hydrogen) atoms. The van der Waals surface area contributed by atoms with Crippen LogP contribution in [0, 0.1) is 0 Å². The number of benzene rings is 3. The van der Waals surface area contributed by atoms with Gasteiger partial charge in [0.15, 0.2) is 17.3 Å². The molecule has 1 aliphatic carbocycles. The van der Waals surface area contributed by atoms with Crippen LogP contribution in [0.3, 0.4) is 0 Å². The van der Waals surface area contributed by atoms with Gasteiger partial charge in [-0.15, -0.1) is 0 Å². The summed E-state index contributed by atoms with van der Waals surface area (Å²) in [5.74, 6) is 0.496. The SMILES string of the molecule is CC(OC(=O)Nc1cnoc1-c1ccc(-c2ccc(C3(C(=O)O)CC3)cc2)c2c1OCO2)c1ccccc1. The number of nitrogens with one attached hydrogen (secondary N) is 1. The maximum atomic E-state index is 12.6. The summed E-state index contributed by atoms with van der Waals surface area (Å²) < 4.78 is 22.6. The molecule has 1 fully saturated rings. The predicted octanol–water partition coefficient (Wildman–Crippen LogP) is 6.16. The predicted molar refractivity (Wildman–Crippen MR) is 137 cm³/mol. The molecular weight excluding hydrogens is 488 g/mol. The molecule has 0 saturated heterocycles. The van der Waals surface area contributed by atoms with E-state index < -0.39 is 23.6 Å². The fourth-order valence-corrected chi connectivity index (χ4v) is 4.74. The Labute approximate surface area is 217 Å². The molecule has 1 aromatic heterocycles. The zero-order valence-corrected chi connectivity index (χ0v) is 20.5. The Balaban J connectivity index is 1.25. The molecule has 4 aromatic rings. The Morgan fingerprint density at radius 1 is 0.974 bits per heavy atom. The van der Waals surface area contributed by atoms with E-state index in [1.807, 2.05) is 60.7 Å². The molecule has 0 bridgehead atoms. The van der Waals surface area contributed by atoms with Gasteiger partial charge in [-0.2, -0.15) is 0 Å². The summed E-state index contributed by atoms with van der Waals surface area (Å²) in [7, 11) is 0. The lowest BCUT2D eigenvalue weighted by atomic mass is 9.93. The number of hydrogen-bond acceptors (Lipinski definition) is 7. The van der Waals surface area contributed by atoms with Crippen LogP contribution >= 0.6 is 0 Å². The number of hydrogen-bond donors (Lipinski definition) is 2. The Morgan fingerprint density at radius 2 is 1.66 bits per heavy atom. The Bertz CT molecular complexity index is 1510.